The minimum absolute atomic E-state index is 0.00996. The molecule has 1 aliphatic carbocycles. The number of carbonyl (C=O) groups is 1. The second-order valence-corrected chi connectivity index (χ2v) is 10.7. The van der Waals surface area contributed by atoms with E-state index in [0.29, 0.717) is 25.0 Å². The lowest BCUT2D eigenvalue weighted by atomic mass is 9.84. The van der Waals surface area contributed by atoms with Gasteiger partial charge in [0.2, 0.25) is 0 Å². The normalized spacial score (nSPS) is 28.3. The first-order valence-electron chi connectivity index (χ1n) is 12.8. The van der Waals surface area contributed by atoms with E-state index in [9.17, 15) is 9.90 Å². The predicted molar refractivity (Wildman–Crippen MR) is 138 cm³/mol. The average Bonchev–Trinajstić information content (AvgIpc) is 3.61. The highest BCUT2D eigenvalue weighted by atomic mass is 16.6. The quantitative estimate of drug-likeness (QED) is 0.224. The van der Waals surface area contributed by atoms with E-state index in [-0.39, 0.29) is 24.0 Å². The zero-order chi connectivity index (χ0) is 25.2. The van der Waals surface area contributed by atoms with Crippen LogP contribution in [0.5, 0.6) is 0 Å². The minimum atomic E-state index is -0.848. The van der Waals surface area contributed by atoms with Crippen molar-refractivity contribution in [1.29, 1.82) is 0 Å². The highest BCUT2D eigenvalue weighted by Gasteiger charge is 2.50. The summed E-state index contributed by atoms with van der Waals surface area (Å²) in [6, 6.07) is 7.83. The summed E-state index contributed by atoms with van der Waals surface area (Å²) < 4.78 is 5.81. The number of carboxylic acids is 1. The van der Waals surface area contributed by atoms with E-state index in [4.69, 9.17) is 4.74 Å². The van der Waals surface area contributed by atoms with Crippen molar-refractivity contribution in [3.8, 4) is 0 Å². The zero-order valence-corrected chi connectivity index (χ0v) is 21.6. The largest absolute Gasteiger partial charge is 0.480 e. The number of hydrazine groups is 2. The molecule has 5 N–H and O–H groups in total. The molecule has 1 aromatic carbocycles. The second kappa shape index (κ2) is 10.9. The van der Waals surface area contributed by atoms with Gasteiger partial charge in [0.25, 0.3) is 0 Å². The van der Waals surface area contributed by atoms with Crippen LogP contribution >= 0.6 is 0 Å². The van der Waals surface area contributed by atoms with Gasteiger partial charge in [0, 0.05) is 24.7 Å². The third-order valence-electron chi connectivity index (χ3n) is 7.66. The molecule has 9 heteroatoms. The van der Waals surface area contributed by atoms with Crippen molar-refractivity contribution in [3.63, 3.8) is 0 Å². The van der Waals surface area contributed by atoms with Gasteiger partial charge in [-0.2, -0.15) is 5.53 Å². The predicted octanol–water partition coefficient (Wildman–Crippen LogP) is 1.82. The molecule has 3 aliphatic rings. The van der Waals surface area contributed by atoms with Crippen LogP contribution in [0.4, 0.5) is 5.69 Å². The van der Waals surface area contributed by atoms with Gasteiger partial charge in [-0.15, -0.1) is 0 Å². The maximum Gasteiger partial charge on any atom is 0.320 e. The molecule has 2 heterocycles. The topological polar surface area (TPSA) is 104 Å². The molecule has 2 aliphatic heterocycles. The fraction of sp³-hybridized carbons (Fsp3) is 0.654. The summed E-state index contributed by atoms with van der Waals surface area (Å²) >= 11 is 0. The molecular formula is C26H42N6O3. The van der Waals surface area contributed by atoms with Crippen LogP contribution in [-0.4, -0.2) is 72.8 Å². The molecule has 6 atom stereocenters. The van der Waals surface area contributed by atoms with Gasteiger partial charge in [-0.1, -0.05) is 24.3 Å². The van der Waals surface area contributed by atoms with Gasteiger partial charge in [0.1, 0.15) is 6.04 Å². The number of nitrogens with one attached hydrogen (secondary N) is 4. The van der Waals surface area contributed by atoms with E-state index in [1.807, 2.05) is 7.05 Å². The molecule has 0 bridgehead atoms. The summed E-state index contributed by atoms with van der Waals surface area (Å²) in [5, 5.41) is 18.3. The van der Waals surface area contributed by atoms with Crippen LogP contribution in [0.3, 0.4) is 0 Å². The van der Waals surface area contributed by atoms with Crippen LogP contribution < -0.4 is 26.5 Å². The van der Waals surface area contributed by atoms with E-state index >= 15 is 0 Å². The van der Waals surface area contributed by atoms with Crippen molar-refractivity contribution in [3.05, 3.63) is 42.0 Å². The molecule has 0 radical (unpaired) electrons. The number of anilines is 1. The number of carboxylic acid groups (broad SMARTS) is 1. The van der Waals surface area contributed by atoms with Crippen molar-refractivity contribution in [2.45, 2.75) is 70.6 Å². The van der Waals surface area contributed by atoms with Crippen molar-refractivity contribution in [2.24, 2.45) is 11.8 Å². The molecule has 5 unspecified atom stereocenters. The SMILES string of the molecule is CNCC1C=CC(C2NNN2C(CNC(C)C(=O)O)C(C)(C)N(c2cccc(C)c2)[C@@H]2CO2)CC1. The Kier molecular flexibility index (Phi) is 8.15. The van der Waals surface area contributed by atoms with E-state index in [2.05, 4.69) is 88.7 Å². The van der Waals surface area contributed by atoms with Gasteiger partial charge in [-0.25, -0.2) is 10.4 Å². The highest BCUT2D eigenvalue weighted by Crippen LogP contribution is 2.38. The van der Waals surface area contributed by atoms with Crippen LogP contribution in [-0.2, 0) is 9.53 Å². The van der Waals surface area contributed by atoms with E-state index in [0.717, 1.165) is 25.1 Å². The fourth-order valence-corrected chi connectivity index (χ4v) is 5.46. The molecule has 2 fully saturated rings. The molecule has 35 heavy (non-hydrogen) atoms. The second-order valence-electron chi connectivity index (χ2n) is 10.7. The average molecular weight is 487 g/mol. The molecule has 194 valence electrons. The summed E-state index contributed by atoms with van der Waals surface area (Å²) in [6.07, 6.45) is 7.09. The summed E-state index contributed by atoms with van der Waals surface area (Å²) in [4.78, 5) is 13.9. The molecular weight excluding hydrogens is 444 g/mol. The molecule has 2 saturated heterocycles. The van der Waals surface area contributed by atoms with E-state index in [1.165, 1.54) is 5.56 Å². The number of hydrogen-bond donors (Lipinski definition) is 5. The Morgan fingerprint density at radius 2 is 2.11 bits per heavy atom. The van der Waals surface area contributed by atoms with E-state index < -0.39 is 12.0 Å². The Balaban J connectivity index is 1.59. The van der Waals surface area contributed by atoms with Crippen molar-refractivity contribution in [2.75, 3.05) is 31.6 Å². The number of ether oxygens (including phenoxy) is 1. The third-order valence-corrected chi connectivity index (χ3v) is 7.66. The van der Waals surface area contributed by atoms with Gasteiger partial charge in [0.15, 0.2) is 6.23 Å². The first kappa shape index (κ1) is 26.1. The molecule has 9 nitrogen and oxygen atoms in total. The Morgan fingerprint density at radius 1 is 1.34 bits per heavy atom. The molecule has 0 saturated carbocycles. The molecule has 0 spiro atoms. The summed E-state index contributed by atoms with van der Waals surface area (Å²) in [7, 11) is 2.00. The first-order valence-corrected chi connectivity index (χ1v) is 12.8. The Hall–Kier alpha value is -2.01. The lowest BCUT2D eigenvalue weighted by molar-refractivity contribution is -0.140. The van der Waals surface area contributed by atoms with Gasteiger partial charge in [0.05, 0.1) is 24.4 Å². The van der Waals surface area contributed by atoms with Crippen LogP contribution in [0.15, 0.2) is 36.4 Å². The van der Waals surface area contributed by atoms with Crippen molar-refractivity contribution in [1.82, 2.24) is 26.6 Å². The summed E-state index contributed by atoms with van der Waals surface area (Å²) in [6.45, 7) is 10.5. The van der Waals surface area contributed by atoms with Gasteiger partial charge in [-0.05, 0) is 71.2 Å². The third kappa shape index (κ3) is 5.87. The summed E-state index contributed by atoms with van der Waals surface area (Å²) in [5.41, 5.74) is 8.71. The monoisotopic (exact) mass is 486 g/mol. The minimum Gasteiger partial charge on any atom is -0.480 e. The van der Waals surface area contributed by atoms with Gasteiger partial charge < -0.3 is 25.4 Å². The van der Waals surface area contributed by atoms with E-state index in [1.54, 1.807) is 6.92 Å². The molecule has 0 amide bonds. The van der Waals surface area contributed by atoms with Crippen molar-refractivity contribution < 1.29 is 14.6 Å². The van der Waals surface area contributed by atoms with Crippen LogP contribution in [0, 0.1) is 18.8 Å². The molecule has 0 aromatic heterocycles. The number of rotatable bonds is 12. The fourth-order valence-electron chi connectivity index (χ4n) is 5.46. The zero-order valence-electron chi connectivity index (χ0n) is 21.6. The Morgan fingerprint density at radius 3 is 2.66 bits per heavy atom. The van der Waals surface area contributed by atoms with Crippen LogP contribution in [0.25, 0.3) is 0 Å². The van der Waals surface area contributed by atoms with Crippen molar-refractivity contribution >= 4 is 11.7 Å². The maximum absolute atomic E-state index is 11.6. The number of aliphatic carboxylic acids is 1. The van der Waals surface area contributed by atoms with Gasteiger partial charge >= 0.3 is 5.97 Å². The number of hydrogen-bond acceptors (Lipinski definition) is 8. The molecule has 1 aromatic rings. The number of benzene rings is 1. The van der Waals surface area contributed by atoms with Crippen LogP contribution in [0.1, 0.15) is 39.2 Å². The van der Waals surface area contributed by atoms with Gasteiger partial charge in [-0.3, -0.25) is 4.79 Å². The molecule has 4 rings (SSSR count). The summed E-state index contributed by atoms with van der Waals surface area (Å²) in [5.74, 6) is 0.107. The Bertz CT molecular complexity index is 905. The van der Waals surface area contributed by atoms with Crippen LogP contribution in [0.2, 0.25) is 0 Å². The first-order chi connectivity index (χ1) is 16.7. The lowest BCUT2D eigenvalue weighted by Gasteiger charge is -2.56. The lowest BCUT2D eigenvalue weighted by Crippen LogP contribution is -2.81. The number of epoxide rings is 1. The highest BCUT2D eigenvalue weighted by molar-refractivity contribution is 5.72. The number of nitrogens with zero attached hydrogens (tertiary/aromatic N) is 2. The smallest absolute Gasteiger partial charge is 0.320 e. The Labute approximate surface area is 209 Å². The number of aryl methyl sites for hydroxylation is 1. The maximum atomic E-state index is 11.6. The standard InChI is InChI=1S/C26H42N6O3/c1-17-7-6-8-21(13-17)31(23-16-35-23)26(3,4)22(15-28-18(2)25(33)34)32-24(29-30-32)20-11-9-19(10-12-20)14-27-5/h6-9,11,13,18-20,22-24,27-30H,10,12,14-16H2,1-5H3,(H,33,34)/t18?,19?,20?,22?,23-,24?/m0/s1.